The summed E-state index contributed by atoms with van der Waals surface area (Å²) in [5.41, 5.74) is 8.18. The van der Waals surface area contributed by atoms with E-state index in [1.807, 2.05) is 36.4 Å². The second-order valence-corrected chi connectivity index (χ2v) is 5.05. The van der Waals surface area contributed by atoms with Crippen molar-refractivity contribution in [3.63, 3.8) is 0 Å². The molecule has 0 aliphatic rings. The SMILES string of the molecule is COc1ccc(CN=C(N)NCCc2ccccc2)cc1OC. The fraction of sp³-hybridized carbons (Fsp3) is 0.278. The minimum atomic E-state index is 0.440. The molecule has 2 rings (SSSR count). The molecule has 0 aliphatic carbocycles. The standard InChI is InChI=1S/C18H23N3O2/c1-22-16-9-8-15(12-17(16)23-2)13-21-18(19)20-11-10-14-6-4-3-5-7-14/h3-9,12H,10-11,13H2,1-2H3,(H3,19,20,21). The average Bonchev–Trinajstić information content (AvgIpc) is 2.60. The molecule has 0 aromatic heterocycles. The number of aliphatic imine (C=N–C) groups is 1. The summed E-state index contributed by atoms with van der Waals surface area (Å²) in [5.74, 6) is 1.83. The Labute approximate surface area is 137 Å². The number of nitrogens with zero attached hydrogens (tertiary/aromatic N) is 1. The molecule has 122 valence electrons. The molecule has 0 saturated heterocycles. The van der Waals surface area contributed by atoms with E-state index in [1.165, 1.54) is 5.56 Å². The Morgan fingerprint density at radius 1 is 1.00 bits per heavy atom. The molecule has 2 aromatic carbocycles. The topological polar surface area (TPSA) is 68.9 Å². The van der Waals surface area contributed by atoms with Gasteiger partial charge in [0.05, 0.1) is 20.8 Å². The fourth-order valence-electron chi connectivity index (χ4n) is 2.19. The third-order valence-electron chi connectivity index (χ3n) is 3.44. The monoisotopic (exact) mass is 313 g/mol. The molecule has 5 nitrogen and oxygen atoms in total. The minimum absolute atomic E-state index is 0.440. The molecule has 2 aromatic rings. The Hall–Kier alpha value is -2.69. The number of hydrogen-bond acceptors (Lipinski definition) is 3. The summed E-state index contributed by atoms with van der Waals surface area (Å²) in [7, 11) is 3.23. The molecule has 0 bridgehead atoms. The zero-order valence-electron chi connectivity index (χ0n) is 13.6. The number of hydrogen-bond donors (Lipinski definition) is 2. The van der Waals surface area contributed by atoms with Crippen molar-refractivity contribution < 1.29 is 9.47 Å². The number of nitrogens with two attached hydrogens (primary N) is 1. The van der Waals surface area contributed by atoms with Gasteiger partial charge in [0, 0.05) is 6.54 Å². The van der Waals surface area contributed by atoms with E-state index in [2.05, 4.69) is 22.4 Å². The first-order chi connectivity index (χ1) is 11.2. The highest BCUT2D eigenvalue weighted by Gasteiger charge is 2.04. The van der Waals surface area contributed by atoms with Gasteiger partial charge in [-0.1, -0.05) is 36.4 Å². The molecule has 0 aliphatic heterocycles. The van der Waals surface area contributed by atoms with Gasteiger partial charge in [0.15, 0.2) is 17.5 Å². The van der Waals surface area contributed by atoms with E-state index in [-0.39, 0.29) is 0 Å². The van der Waals surface area contributed by atoms with Crippen LogP contribution >= 0.6 is 0 Å². The van der Waals surface area contributed by atoms with E-state index in [1.54, 1.807) is 14.2 Å². The summed E-state index contributed by atoms with van der Waals surface area (Å²) in [6, 6.07) is 16.0. The van der Waals surface area contributed by atoms with Crippen molar-refractivity contribution in [2.75, 3.05) is 20.8 Å². The molecule has 0 unspecified atom stereocenters. The maximum Gasteiger partial charge on any atom is 0.188 e. The first-order valence-electron chi connectivity index (χ1n) is 7.51. The van der Waals surface area contributed by atoms with Crippen molar-refractivity contribution in [3.05, 3.63) is 59.7 Å². The fourth-order valence-corrected chi connectivity index (χ4v) is 2.19. The van der Waals surface area contributed by atoms with Crippen molar-refractivity contribution in [2.45, 2.75) is 13.0 Å². The van der Waals surface area contributed by atoms with Crippen molar-refractivity contribution >= 4 is 5.96 Å². The zero-order chi connectivity index (χ0) is 16.5. The van der Waals surface area contributed by atoms with E-state index < -0.39 is 0 Å². The highest BCUT2D eigenvalue weighted by Crippen LogP contribution is 2.27. The van der Waals surface area contributed by atoms with E-state index in [4.69, 9.17) is 15.2 Å². The molecule has 0 spiro atoms. The number of guanidine groups is 1. The lowest BCUT2D eigenvalue weighted by molar-refractivity contribution is 0.354. The maximum atomic E-state index is 5.90. The predicted octanol–water partition coefficient (Wildman–Crippen LogP) is 2.35. The van der Waals surface area contributed by atoms with Crippen LogP contribution < -0.4 is 20.5 Å². The Kier molecular flexibility index (Phi) is 6.29. The molecule has 0 atom stereocenters. The summed E-state index contributed by atoms with van der Waals surface area (Å²) in [6.07, 6.45) is 0.910. The highest BCUT2D eigenvalue weighted by atomic mass is 16.5. The van der Waals surface area contributed by atoms with Crippen LogP contribution in [0.3, 0.4) is 0 Å². The number of rotatable bonds is 7. The Bertz CT molecular complexity index is 642. The third kappa shape index (κ3) is 5.21. The molecule has 5 heteroatoms. The van der Waals surface area contributed by atoms with Crippen LogP contribution in [0.2, 0.25) is 0 Å². The summed E-state index contributed by atoms with van der Waals surface area (Å²) >= 11 is 0. The van der Waals surface area contributed by atoms with Crippen LogP contribution in [0.15, 0.2) is 53.5 Å². The van der Waals surface area contributed by atoms with Crippen molar-refractivity contribution in [1.82, 2.24) is 5.32 Å². The van der Waals surface area contributed by atoms with Gasteiger partial charge < -0.3 is 20.5 Å². The van der Waals surface area contributed by atoms with Crippen LogP contribution in [0, 0.1) is 0 Å². The molecular formula is C18H23N3O2. The van der Waals surface area contributed by atoms with Crippen LogP contribution in [-0.4, -0.2) is 26.7 Å². The molecule has 0 heterocycles. The Balaban J connectivity index is 1.84. The molecular weight excluding hydrogens is 290 g/mol. The van der Waals surface area contributed by atoms with Gasteiger partial charge in [0.1, 0.15) is 0 Å². The van der Waals surface area contributed by atoms with Gasteiger partial charge in [-0.2, -0.15) is 0 Å². The van der Waals surface area contributed by atoms with Gasteiger partial charge >= 0.3 is 0 Å². The van der Waals surface area contributed by atoms with E-state index in [0.717, 1.165) is 18.5 Å². The lowest BCUT2D eigenvalue weighted by Crippen LogP contribution is -2.33. The first-order valence-corrected chi connectivity index (χ1v) is 7.51. The molecule has 3 N–H and O–H groups in total. The zero-order valence-corrected chi connectivity index (χ0v) is 13.6. The average molecular weight is 313 g/mol. The van der Waals surface area contributed by atoms with Crippen molar-refractivity contribution in [3.8, 4) is 11.5 Å². The minimum Gasteiger partial charge on any atom is -0.493 e. The number of nitrogens with one attached hydrogen (secondary N) is 1. The van der Waals surface area contributed by atoms with Gasteiger partial charge in [0.2, 0.25) is 0 Å². The smallest absolute Gasteiger partial charge is 0.188 e. The predicted molar refractivity (Wildman–Crippen MR) is 93.0 cm³/mol. The maximum absolute atomic E-state index is 5.90. The molecule has 0 fully saturated rings. The molecule has 0 radical (unpaired) electrons. The number of benzene rings is 2. The first kappa shape index (κ1) is 16.7. The normalized spacial score (nSPS) is 11.1. The van der Waals surface area contributed by atoms with E-state index in [0.29, 0.717) is 24.0 Å². The van der Waals surface area contributed by atoms with E-state index in [9.17, 15) is 0 Å². The summed E-state index contributed by atoms with van der Waals surface area (Å²) in [4.78, 5) is 4.34. The Morgan fingerprint density at radius 2 is 1.74 bits per heavy atom. The highest BCUT2D eigenvalue weighted by molar-refractivity contribution is 5.77. The van der Waals surface area contributed by atoms with Crippen LogP contribution in [0.25, 0.3) is 0 Å². The van der Waals surface area contributed by atoms with Crippen LogP contribution in [0.5, 0.6) is 11.5 Å². The van der Waals surface area contributed by atoms with Crippen molar-refractivity contribution in [2.24, 2.45) is 10.7 Å². The molecule has 23 heavy (non-hydrogen) atoms. The Morgan fingerprint density at radius 3 is 2.43 bits per heavy atom. The quantitative estimate of drug-likeness (QED) is 0.608. The lowest BCUT2D eigenvalue weighted by Gasteiger charge is -2.09. The van der Waals surface area contributed by atoms with Crippen molar-refractivity contribution in [1.29, 1.82) is 0 Å². The second-order valence-electron chi connectivity index (χ2n) is 5.05. The molecule has 0 saturated carbocycles. The lowest BCUT2D eigenvalue weighted by atomic mass is 10.1. The largest absolute Gasteiger partial charge is 0.493 e. The number of methoxy groups -OCH3 is 2. The van der Waals surface area contributed by atoms with Gasteiger partial charge in [-0.25, -0.2) is 4.99 Å². The number of ether oxygens (including phenoxy) is 2. The molecule has 0 amide bonds. The van der Waals surface area contributed by atoms with Crippen LogP contribution in [-0.2, 0) is 13.0 Å². The van der Waals surface area contributed by atoms with Crippen LogP contribution in [0.4, 0.5) is 0 Å². The van der Waals surface area contributed by atoms with E-state index >= 15 is 0 Å². The van der Waals surface area contributed by atoms with Crippen LogP contribution in [0.1, 0.15) is 11.1 Å². The summed E-state index contributed by atoms with van der Waals surface area (Å²) < 4.78 is 10.5. The van der Waals surface area contributed by atoms with Gasteiger partial charge in [-0.15, -0.1) is 0 Å². The summed E-state index contributed by atoms with van der Waals surface area (Å²) in [6.45, 7) is 1.25. The third-order valence-corrected chi connectivity index (χ3v) is 3.44. The van der Waals surface area contributed by atoms with Gasteiger partial charge in [0.25, 0.3) is 0 Å². The van der Waals surface area contributed by atoms with Gasteiger partial charge in [-0.05, 0) is 29.7 Å². The van der Waals surface area contributed by atoms with Gasteiger partial charge in [-0.3, -0.25) is 0 Å². The summed E-state index contributed by atoms with van der Waals surface area (Å²) in [5, 5.41) is 3.12. The second kappa shape index (κ2) is 8.68.